The third-order valence-electron chi connectivity index (χ3n) is 3.63. The lowest BCUT2D eigenvalue weighted by Gasteiger charge is -2.09. The van der Waals surface area contributed by atoms with E-state index < -0.39 is 17.1 Å². The summed E-state index contributed by atoms with van der Waals surface area (Å²) < 4.78 is 27.2. The molecular formula is C17H9ClF2N2O. The zero-order valence-corrected chi connectivity index (χ0v) is 12.6. The summed E-state index contributed by atoms with van der Waals surface area (Å²) in [6.07, 6.45) is 0. The fourth-order valence-corrected chi connectivity index (χ4v) is 2.72. The summed E-state index contributed by atoms with van der Waals surface area (Å²) >= 11 is 6.11. The maximum absolute atomic E-state index is 13.6. The van der Waals surface area contributed by atoms with E-state index in [1.165, 1.54) is 25.1 Å². The minimum absolute atomic E-state index is 0.0512. The molecule has 3 nitrogen and oxygen atoms in total. The summed E-state index contributed by atoms with van der Waals surface area (Å²) in [6.45, 7) is 1.35. The van der Waals surface area contributed by atoms with Crippen LogP contribution in [0.3, 0.4) is 0 Å². The summed E-state index contributed by atoms with van der Waals surface area (Å²) in [4.78, 5) is 15.2. The number of nitriles is 1. The van der Waals surface area contributed by atoms with Crippen molar-refractivity contribution in [1.29, 1.82) is 5.26 Å². The second kappa shape index (κ2) is 5.49. The molecule has 2 aromatic carbocycles. The number of nitrogens with one attached hydrogen (secondary N) is 1. The monoisotopic (exact) mass is 330 g/mol. The molecule has 23 heavy (non-hydrogen) atoms. The minimum atomic E-state index is -1.04. The third kappa shape index (κ3) is 2.47. The molecular weight excluding hydrogens is 322 g/mol. The van der Waals surface area contributed by atoms with Gasteiger partial charge in [-0.25, -0.2) is 8.78 Å². The van der Waals surface area contributed by atoms with Crippen molar-refractivity contribution in [3.05, 3.63) is 68.3 Å². The first-order chi connectivity index (χ1) is 10.9. The average molecular weight is 331 g/mol. The molecule has 0 aliphatic carbocycles. The van der Waals surface area contributed by atoms with E-state index in [4.69, 9.17) is 16.9 Å². The van der Waals surface area contributed by atoms with Crippen molar-refractivity contribution in [3.63, 3.8) is 0 Å². The highest BCUT2D eigenvalue weighted by molar-refractivity contribution is 6.33. The fraction of sp³-hybridized carbons (Fsp3) is 0.0588. The SMILES string of the molecule is Cc1c(F)c(F)cc2[nH]c(-c3cc(C#N)ccc3Cl)cc(=O)c12. The van der Waals surface area contributed by atoms with Gasteiger partial charge in [-0.1, -0.05) is 11.6 Å². The number of rotatable bonds is 1. The molecule has 1 aromatic heterocycles. The first-order valence-electron chi connectivity index (χ1n) is 6.64. The molecule has 0 radical (unpaired) electrons. The van der Waals surface area contributed by atoms with E-state index in [-0.39, 0.29) is 16.5 Å². The van der Waals surface area contributed by atoms with Crippen LogP contribution in [0.2, 0.25) is 5.02 Å². The van der Waals surface area contributed by atoms with Crippen LogP contribution < -0.4 is 5.43 Å². The largest absolute Gasteiger partial charge is 0.354 e. The summed E-state index contributed by atoms with van der Waals surface area (Å²) in [6, 6.07) is 8.78. The molecule has 0 saturated heterocycles. The van der Waals surface area contributed by atoms with E-state index in [0.29, 0.717) is 21.8 Å². The number of aryl methyl sites for hydroxylation is 1. The Morgan fingerprint density at radius 3 is 2.65 bits per heavy atom. The van der Waals surface area contributed by atoms with Gasteiger partial charge in [0, 0.05) is 28.3 Å². The molecule has 0 aliphatic rings. The molecule has 1 N–H and O–H groups in total. The van der Waals surface area contributed by atoms with Gasteiger partial charge in [-0.15, -0.1) is 0 Å². The molecule has 6 heteroatoms. The Bertz CT molecular complexity index is 1050. The Hall–Kier alpha value is -2.71. The van der Waals surface area contributed by atoms with Gasteiger partial charge in [-0.3, -0.25) is 4.79 Å². The Balaban J connectivity index is 2.36. The predicted molar refractivity (Wildman–Crippen MR) is 84.4 cm³/mol. The first-order valence-corrected chi connectivity index (χ1v) is 7.02. The van der Waals surface area contributed by atoms with Crippen LogP contribution in [0.25, 0.3) is 22.2 Å². The predicted octanol–water partition coefficient (Wildman–Crippen LogP) is 4.31. The van der Waals surface area contributed by atoms with Crippen LogP contribution in [-0.2, 0) is 0 Å². The molecule has 0 fully saturated rings. The Labute approximate surface area is 134 Å². The average Bonchev–Trinajstić information content (AvgIpc) is 2.52. The first kappa shape index (κ1) is 15.2. The van der Waals surface area contributed by atoms with E-state index in [2.05, 4.69) is 4.98 Å². The van der Waals surface area contributed by atoms with E-state index in [1.54, 1.807) is 6.07 Å². The van der Waals surface area contributed by atoms with Gasteiger partial charge in [0.1, 0.15) is 0 Å². The van der Waals surface area contributed by atoms with Crippen LogP contribution in [-0.4, -0.2) is 4.98 Å². The van der Waals surface area contributed by atoms with Gasteiger partial charge in [0.25, 0.3) is 0 Å². The maximum atomic E-state index is 13.6. The zero-order chi connectivity index (χ0) is 16.7. The quantitative estimate of drug-likeness (QED) is 0.723. The van der Waals surface area contributed by atoms with Gasteiger partial charge in [0.05, 0.1) is 28.2 Å². The number of H-pyrrole nitrogens is 1. The van der Waals surface area contributed by atoms with E-state index in [9.17, 15) is 13.6 Å². The van der Waals surface area contributed by atoms with Gasteiger partial charge in [0.15, 0.2) is 17.1 Å². The molecule has 0 bridgehead atoms. The third-order valence-corrected chi connectivity index (χ3v) is 3.96. The summed E-state index contributed by atoms with van der Waals surface area (Å²) in [5, 5.41) is 9.39. The van der Waals surface area contributed by atoms with Crippen molar-refractivity contribution >= 4 is 22.5 Å². The summed E-state index contributed by atoms with van der Waals surface area (Å²) in [5.74, 6) is -2.08. The lowest BCUT2D eigenvalue weighted by molar-refractivity contribution is 0.505. The highest BCUT2D eigenvalue weighted by atomic mass is 35.5. The molecule has 0 unspecified atom stereocenters. The van der Waals surface area contributed by atoms with E-state index in [1.807, 2.05) is 6.07 Å². The van der Waals surface area contributed by atoms with Crippen molar-refractivity contribution in [1.82, 2.24) is 4.98 Å². The van der Waals surface area contributed by atoms with Gasteiger partial charge in [-0.2, -0.15) is 5.26 Å². The molecule has 1 heterocycles. The Morgan fingerprint density at radius 2 is 1.96 bits per heavy atom. The molecule has 3 rings (SSSR count). The number of aromatic nitrogens is 1. The van der Waals surface area contributed by atoms with Crippen molar-refractivity contribution in [2.24, 2.45) is 0 Å². The normalized spacial score (nSPS) is 10.7. The lowest BCUT2D eigenvalue weighted by atomic mass is 10.0. The topological polar surface area (TPSA) is 56.6 Å². The molecule has 0 aliphatic heterocycles. The van der Waals surface area contributed by atoms with Gasteiger partial charge >= 0.3 is 0 Å². The van der Waals surface area contributed by atoms with Crippen molar-refractivity contribution in [3.8, 4) is 17.3 Å². The van der Waals surface area contributed by atoms with Crippen LogP contribution in [0, 0.1) is 29.9 Å². The van der Waals surface area contributed by atoms with Crippen molar-refractivity contribution in [2.45, 2.75) is 6.92 Å². The number of aromatic amines is 1. The Kier molecular flexibility index (Phi) is 3.63. The molecule has 114 valence electrons. The summed E-state index contributed by atoms with van der Waals surface area (Å²) in [5.41, 5.74) is 0.796. The lowest BCUT2D eigenvalue weighted by Crippen LogP contribution is -2.07. The number of halogens is 3. The second-order valence-corrected chi connectivity index (χ2v) is 5.48. The second-order valence-electron chi connectivity index (χ2n) is 5.07. The fourth-order valence-electron chi connectivity index (χ4n) is 2.50. The standard InChI is InChI=1S/C17H9ClF2N2O/c1-8-16-14(5-12(19)17(8)20)22-13(6-15(16)23)10-4-9(7-21)2-3-11(10)18/h2-6H,1H3,(H,22,23). The number of pyridine rings is 1. The van der Waals surface area contributed by atoms with Gasteiger partial charge in [0.2, 0.25) is 0 Å². The molecule has 0 amide bonds. The van der Waals surface area contributed by atoms with Crippen LogP contribution in [0.15, 0.2) is 35.1 Å². The summed E-state index contributed by atoms with van der Waals surface area (Å²) in [7, 11) is 0. The molecule has 0 saturated carbocycles. The van der Waals surface area contributed by atoms with Crippen LogP contribution in [0.1, 0.15) is 11.1 Å². The van der Waals surface area contributed by atoms with Crippen molar-refractivity contribution < 1.29 is 8.78 Å². The number of fused-ring (bicyclic) bond motifs is 1. The highest BCUT2D eigenvalue weighted by Crippen LogP contribution is 2.29. The van der Waals surface area contributed by atoms with E-state index in [0.717, 1.165) is 6.07 Å². The van der Waals surface area contributed by atoms with Crippen molar-refractivity contribution in [2.75, 3.05) is 0 Å². The number of hydrogen-bond donors (Lipinski definition) is 1. The number of hydrogen-bond acceptors (Lipinski definition) is 2. The maximum Gasteiger partial charge on any atom is 0.190 e. The van der Waals surface area contributed by atoms with E-state index >= 15 is 0 Å². The minimum Gasteiger partial charge on any atom is -0.354 e. The number of benzene rings is 2. The molecule has 3 aromatic rings. The Morgan fingerprint density at radius 1 is 1.22 bits per heavy atom. The van der Waals surface area contributed by atoms with Gasteiger partial charge in [-0.05, 0) is 25.1 Å². The zero-order valence-electron chi connectivity index (χ0n) is 11.9. The van der Waals surface area contributed by atoms with Crippen LogP contribution in [0.5, 0.6) is 0 Å². The molecule has 0 spiro atoms. The van der Waals surface area contributed by atoms with Crippen LogP contribution >= 0.6 is 11.6 Å². The molecule has 0 atom stereocenters. The smallest absolute Gasteiger partial charge is 0.190 e. The number of nitrogens with zero attached hydrogens (tertiary/aromatic N) is 1. The highest BCUT2D eigenvalue weighted by Gasteiger charge is 2.15. The van der Waals surface area contributed by atoms with Crippen LogP contribution in [0.4, 0.5) is 8.78 Å². The van der Waals surface area contributed by atoms with Gasteiger partial charge < -0.3 is 4.98 Å².